The van der Waals surface area contributed by atoms with Gasteiger partial charge in [-0.05, 0) is 40.5 Å². The van der Waals surface area contributed by atoms with Gasteiger partial charge in [-0.2, -0.15) is 0 Å². The van der Waals surface area contributed by atoms with Crippen LogP contribution < -0.4 is 0 Å². The Morgan fingerprint density at radius 3 is 2.53 bits per heavy atom. The molecule has 0 aliphatic carbocycles. The zero-order valence-electron chi connectivity index (χ0n) is 12.6. The van der Waals surface area contributed by atoms with E-state index in [0.29, 0.717) is 6.42 Å². The molecular formula is C15H26N2O2. The lowest BCUT2D eigenvalue weighted by molar-refractivity contribution is -0.154. The minimum atomic E-state index is -0.367. The standard InChI is InChI=1S/C15H26N2O2/c1-12-11-16-13(17-12)9-7-5-6-8-10-14(18)19-15(2,3)4/h11H,5-10H2,1-4H3,(H,16,17). The van der Waals surface area contributed by atoms with E-state index in [4.69, 9.17) is 4.74 Å². The fourth-order valence-corrected chi connectivity index (χ4v) is 1.90. The van der Waals surface area contributed by atoms with Crippen molar-refractivity contribution < 1.29 is 9.53 Å². The summed E-state index contributed by atoms with van der Waals surface area (Å²) in [7, 11) is 0. The lowest BCUT2D eigenvalue weighted by atomic mass is 10.1. The Kier molecular flexibility index (Phi) is 6.06. The second-order valence-electron chi connectivity index (χ2n) is 6.01. The monoisotopic (exact) mass is 266 g/mol. The number of unbranched alkanes of at least 4 members (excludes halogenated alkanes) is 3. The molecule has 1 rings (SSSR count). The molecule has 0 saturated heterocycles. The van der Waals surface area contributed by atoms with Crippen LogP contribution in [0.15, 0.2) is 6.20 Å². The molecule has 1 heterocycles. The largest absolute Gasteiger partial charge is 0.460 e. The number of aryl methyl sites for hydroxylation is 2. The van der Waals surface area contributed by atoms with Crippen LogP contribution in [0.5, 0.6) is 0 Å². The fourth-order valence-electron chi connectivity index (χ4n) is 1.90. The number of aromatic amines is 1. The van der Waals surface area contributed by atoms with Crippen LogP contribution in [0.1, 0.15) is 64.4 Å². The number of hydrogen-bond donors (Lipinski definition) is 1. The first-order valence-corrected chi connectivity index (χ1v) is 7.09. The van der Waals surface area contributed by atoms with E-state index < -0.39 is 0 Å². The second-order valence-corrected chi connectivity index (χ2v) is 6.01. The number of ether oxygens (including phenoxy) is 1. The average Bonchev–Trinajstić information content (AvgIpc) is 2.67. The smallest absolute Gasteiger partial charge is 0.306 e. The predicted octanol–water partition coefficient (Wildman–Crippen LogP) is 3.55. The van der Waals surface area contributed by atoms with E-state index in [9.17, 15) is 4.79 Å². The van der Waals surface area contributed by atoms with E-state index in [1.165, 1.54) is 0 Å². The number of imidazole rings is 1. The Morgan fingerprint density at radius 1 is 1.26 bits per heavy atom. The maximum absolute atomic E-state index is 11.5. The number of hydrogen-bond acceptors (Lipinski definition) is 3. The molecule has 0 unspecified atom stereocenters. The van der Waals surface area contributed by atoms with Gasteiger partial charge in [0.1, 0.15) is 11.4 Å². The molecule has 0 amide bonds. The third-order valence-corrected chi connectivity index (χ3v) is 2.72. The van der Waals surface area contributed by atoms with E-state index >= 15 is 0 Å². The van der Waals surface area contributed by atoms with Crippen molar-refractivity contribution in [3.05, 3.63) is 17.7 Å². The molecule has 0 aliphatic rings. The van der Waals surface area contributed by atoms with Gasteiger partial charge in [-0.1, -0.05) is 12.8 Å². The topological polar surface area (TPSA) is 55.0 Å². The van der Waals surface area contributed by atoms with E-state index in [2.05, 4.69) is 9.97 Å². The lowest BCUT2D eigenvalue weighted by Crippen LogP contribution is -2.23. The molecule has 1 N–H and O–H groups in total. The van der Waals surface area contributed by atoms with Crippen LogP contribution in [-0.2, 0) is 16.0 Å². The van der Waals surface area contributed by atoms with E-state index in [1.807, 2.05) is 33.9 Å². The molecule has 0 atom stereocenters. The summed E-state index contributed by atoms with van der Waals surface area (Å²) in [6.45, 7) is 7.71. The van der Waals surface area contributed by atoms with Crippen molar-refractivity contribution in [1.82, 2.24) is 9.97 Å². The van der Waals surface area contributed by atoms with Gasteiger partial charge >= 0.3 is 5.97 Å². The number of carbonyl (C=O) groups is 1. The lowest BCUT2D eigenvalue weighted by Gasteiger charge is -2.19. The number of rotatable bonds is 7. The van der Waals surface area contributed by atoms with Gasteiger partial charge in [0, 0.05) is 24.7 Å². The van der Waals surface area contributed by atoms with Crippen molar-refractivity contribution in [1.29, 1.82) is 0 Å². The minimum Gasteiger partial charge on any atom is -0.460 e. The maximum Gasteiger partial charge on any atom is 0.306 e. The van der Waals surface area contributed by atoms with E-state index in [-0.39, 0.29) is 11.6 Å². The van der Waals surface area contributed by atoms with Crippen LogP contribution in [0.4, 0.5) is 0 Å². The van der Waals surface area contributed by atoms with Gasteiger partial charge in [0.15, 0.2) is 0 Å². The van der Waals surface area contributed by atoms with Crippen molar-refractivity contribution in [2.75, 3.05) is 0 Å². The molecule has 4 nitrogen and oxygen atoms in total. The molecule has 19 heavy (non-hydrogen) atoms. The Balaban J connectivity index is 2.01. The van der Waals surface area contributed by atoms with Gasteiger partial charge in [0.05, 0.1) is 0 Å². The van der Waals surface area contributed by atoms with Crippen molar-refractivity contribution in [3.8, 4) is 0 Å². The zero-order valence-corrected chi connectivity index (χ0v) is 12.6. The van der Waals surface area contributed by atoms with Crippen LogP contribution in [0.3, 0.4) is 0 Å². The van der Waals surface area contributed by atoms with Gasteiger partial charge in [-0.3, -0.25) is 4.79 Å². The SMILES string of the molecule is Cc1cnc(CCCCCCC(=O)OC(C)(C)C)[nH]1. The highest BCUT2D eigenvalue weighted by atomic mass is 16.6. The summed E-state index contributed by atoms with van der Waals surface area (Å²) in [5.74, 6) is 0.971. The Morgan fingerprint density at radius 2 is 1.95 bits per heavy atom. The first-order chi connectivity index (χ1) is 8.87. The van der Waals surface area contributed by atoms with E-state index in [0.717, 1.165) is 43.6 Å². The molecule has 0 spiro atoms. The molecule has 0 aliphatic heterocycles. The third-order valence-electron chi connectivity index (χ3n) is 2.72. The second kappa shape index (κ2) is 7.31. The van der Waals surface area contributed by atoms with E-state index in [1.54, 1.807) is 0 Å². The number of H-pyrrole nitrogens is 1. The van der Waals surface area contributed by atoms with Gasteiger partial charge in [-0.15, -0.1) is 0 Å². The Labute approximate surface area is 116 Å². The number of nitrogens with one attached hydrogen (secondary N) is 1. The molecule has 0 bridgehead atoms. The summed E-state index contributed by atoms with van der Waals surface area (Å²) >= 11 is 0. The predicted molar refractivity (Wildman–Crippen MR) is 76.0 cm³/mol. The summed E-state index contributed by atoms with van der Waals surface area (Å²) in [4.78, 5) is 19.0. The highest BCUT2D eigenvalue weighted by Crippen LogP contribution is 2.11. The molecule has 0 saturated carbocycles. The zero-order chi connectivity index (χ0) is 14.3. The molecule has 0 aromatic carbocycles. The van der Waals surface area contributed by atoms with Crippen LogP contribution >= 0.6 is 0 Å². The van der Waals surface area contributed by atoms with Gasteiger partial charge in [-0.25, -0.2) is 4.98 Å². The van der Waals surface area contributed by atoms with Crippen LogP contribution in [0.25, 0.3) is 0 Å². The Bertz CT molecular complexity index is 391. The van der Waals surface area contributed by atoms with Crippen molar-refractivity contribution in [2.45, 2.75) is 71.8 Å². The summed E-state index contributed by atoms with van der Waals surface area (Å²) in [5.41, 5.74) is 0.744. The average molecular weight is 266 g/mol. The summed E-state index contributed by atoms with van der Waals surface area (Å²) in [6, 6.07) is 0. The highest BCUT2D eigenvalue weighted by Gasteiger charge is 2.15. The summed E-state index contributed by atoms with van der Waals surface area (Å²) in [5, 5.41) is 0. The Hall–Kier alpha value is -1.32. The molecule has 1 aromatic rings. The first-order valence-electron chi connectivity index (χ1n) is 7.09. The number of esters is 1. The van der Waals surface area contributed by atoms with Gasteiger partial charge in [0.2, 0.25) is 0 Å². The van der Waals surface area contributed by atoms with Crippen molar-refractivity contribution >= 4 is 5.97 Å². The van der Waals surface area contributed by atoms with Gasteiger partial charge < -0.3 is 9.72 Å². The fraction of sp³-hybridized carbons (Fsp3) is 0.733. The summed E-state index contributed by atoms with van der Waals surface area (Å²) < 4.78 is 5.26. The normalized spacial score (nSPS) is 11.6. The number of carbonyl (C=O) groups excluding carboxylic acids is 1. The maximum atomic E-state index is 11.5. The molecule has 108 valence electrons. The van der Waals surface area contributed by atoms with Crippen molar-refractivity contribution in [2.24, 2.45) is 0 Å². The van der Waals surface area contributed by atoms with Crippen LogP contribution in [0.2, 0.25) is 0 Å². The molecule has 0 fully saturated rings. The third kappa shape index (κ3) is 7.65. The van der Waals surface area contributed by atoms with Crippen molar-refractivity contribution in [3.63, 3.8) is 0 Å². The molecule has 0 radical (unpaired) electrons. The van der Waals surface area contributed by atoms with Crippen LogP contribution in [0, 0.1) is 6.92 Å². The molecule has 1 aromatic heterocycles. The molecule has 4 heteroatoms. The van der Waals surface area contributed by atoms with Gasteiger partial charge in [0.25, 0.3) is 0 Å². The minimum absolute atomic E-state index is 0.0887. The summed E-state index contributed by atoms with van der Waals surface area (Å²) in [6.07, 6.45) is 7.59. The molecular weight excluding hydrogens is 240 g/mol. The quantitative estimate of drug-likeness (QED) is 0.606. The number of aromatic nitrogens is 2. The van der Waals surface area contributed by atoms with Crippen LogP contribution in [-0.4, -0.2) is 21.5 Å². The number of nitrogens with zero attached hydrogens (tertiary/aromatic N) is 1. The first kappa shape index (κ1) is 15.7. The highest BCUT2D eigenvalue weighted by molar-refractivity contribution is 5.69.